The van der Waals surface area contributed by atoms with E-state index in [2.05, 4.69) is 46.6 Å². The molecule has 4 aliphatic rings. The van der Waals surface area contributed by atoms with E-state index in [0.717, 1.165) is 55.8 Å². The van der Waals surface area contributed by atoms with Gasteiger partial charge in [-0.15, -0.1) is 0 Å². The van der Waals surface area contributed by atoms with Gasteiger partial charge in [-0.3, -0.25) is 4.79 Å². The largest absolute Gasteiger partial charge is 0.356 e. The predicted molar refractivity (Wildman–Crippen MR) is 133 cm³/mol. The van der Waals surface area contributed by atoms with Crippen LogP contribution < -0.4 is 4.90 Å². The molecular weight excluding hydrogens is 408 g/mol. The van der Waals surface area contributed by atoms with Gasteiger partial charge in [0.15, 0.2) is 0 Å². The highest BCUT2D eigenvalue weighted by Crippen LogP contribution is 2.47. The van der Waals surface area contributed by atoms with Crippen LogP contribution in [0.5, 0.6) is 0 Å². The van der Waals surface area contributed by atoms with Crippen molar-refractivity contribution in [2.24, 2.45) is 29.1 Å². The molecule has 1 aromatic heterocycles. The van der Waals surface area contributed by atoms with Crippen molar-refractivity contribution in [1.82, 2.24) is 14.9 Å². The van der Waals surface area contributed by atoms with Gasteiger partial charge in [0.1, 0.15) is 12.1 Å². The fourth-order valence-corrected chi connectivity index (χ4v) is 7.61. The Morgan fingerprint density at radius 2 is 1.85 bits per heavy atom. The number of nitrogens with zero attached hydrogens (tertiary/aromatic N) is 4. The van der Waals surface area contributed by atoms with E-state index in [1.807, 2.05) is 0 Å². The minimum atomic E-state index is 0.294. The monoisotopic (exact) mass is 452 g/mol. The number of amides is 1. The van der Waals surface area contributed by atoms with Crippen molar-refractivity contribution >= 4 is 11.7 Å². The summed E-state index contributed by atoms with van der Waals surface area (Å²) in [6.07, 6.45) is 15.4. The maximum Gasteiger partial charge on any atom is 0.225 e. The zero-order chi connectivity index (χ0) is 23.0. The van der Waals surface area contributed by atoms with Crippen LogP contribution >= 0.6 is 0 Å². The van der Waals surface area contributed by atoms with Crippen molar-refractivity contribution < 1.29 is 4.79 Å². The zero-order valence-corrected chi connectivity index (χ0v) is 21.1. The maximum absolute atomic E-state index is 13.6. The standard InChI is InChI=1S/C28H44N4O/c1-20(2)14-25-16-26(30-19-29-25)31-12-10-28(11-13-31)17-21(3)32(18-28)27(33)24-9-8-22-6-4-5-7-23(22)15-24/h16,19-24H,4-15,17-18H2,1-3H3. The van der Waals surface area contributed by atoms with Crippen LogP contribution in [0, 0.1) is 29.1 Å². The summed E-state index contributed by atoms with van der Waals surface area (Å²) < 4.78 is 0. The Balaban J connectivity index is 1.19. The summed E-state index contributed by atoms with van der Waals surface area (Å²) in [5.74, 6) is 4.21. The molecule has 182 valence electrons. The first-order chi connectivity index (χ1) is 15.9. The van der Waals surface area contributed by atoms with Gasteiger partial charge < -0.3 is 9.80 Å². The lowest BCUT2D eigenvalue weighted by atomic mass is 9.67. The molecule has 2 aliphatic heterocycles. The van der Waals surface area contributed by atoms with Gasteiger partial charge in [0.2, 0.25) is 5.91 Å². The van der Waals surface area contributed by atoms with Crippen LogP contribution in [0.2, 0.25) is 0 Å². The molecule has 2 aliphatic carbocycles. The van der Waals surface area contributed by atoms with Crippen LogP contribution in [0.4, 0.5) is 5.82 Å². The van der Waals surface area contributed by atoms with Crippen LogP contribution in [0.25, 0.3) is 0 Å². The summed E-state index contributed by atoms with van der Waals surface area (Å²) in [5, 5.41) is 0. The molecule has 33 heavy (non-hydrogen) atoms. The average molecular weight is 453 g/mol. The molecule has 0 bridgehead atoms. The molecule has 0 radical (unpaired) electrons. The fourth-order valence-electron chi connectivity index (χ4n) is 7.61. The van der Waals surface area contributed by atoms with Crippen molar-refractivity contribution in [3.8, 4) is 0 Å². The lowest BCUT2D eigenvalue weighted by Crippen LogP contribution is -2.45. The van der Waals surface area contributed by atoms with Crippen molar-refractivity contribution in [2.75, 3.05) is 24.5 Å². The van der Waals surface area contributed by atoms with E-state index in [9.17, 15) is 4.79 Å². The van der Waals surface area contributed by atoms with Crippen LogP contribution in [-0.2, 0) is 11.2 Å². The van der Waals surface area contributed by atoms with Gasteiger partial charge in [-0.25, -0.2) is 9.97 Å². The molecule has 4 atom stereocenters. The van der Waals surface area contributed by atoms with Crippen LogP contribution in [0.3, 0.4) is 0 Å². The highest BCUT2D eigenvalue weighted by molar-refractivity contribution is 5.79. The number of hydrogen-bond acceptors (Lipinski definition) is 4. The van der Waals surface area contributed by atoms with E-state index in [0.29, 0.717) is 29.2 Å². The van der Waals surface area contributed by atoms with E-state index in [1.54, 1.807) is 6.33 Å². The third kappa shape index (κ3) is 4.93. The molecule has 1 amide bonds. The molecule has 2 saturated heterocycles. The Labute approximate surface area is 200 Å². The molecule has 4 fully saturated rings. The fraction of sp³-hybridized carbons (Fsp3) is 0.821. The number of carbonyl (C=O) groups is 1. The number of likely N-dealkylation sites (tertiary alicyclic amines) is 1. The molecular formula is C28H44N4O. The summed E-state index contributed by atoms with van der Waals surface area (Å²) in [6, 6.07) is 2.58. The Hall–Kier alpha value is -1.65. The number of rotatable bonds is 4. The predicted octanol–water partition coefficient (Wildman–Crippen LogP) is 5.49. The second-order valence-corrected chi connectivity index (χ2v) is 12.3. The quantitative estimate of drug-likeness (QED) is 0.606. The Morgan fingerprint density at radius 1 is 1.09 bits per heavy atom. The van der Waals surface area contributed by atoms with Crippen molar-refractivity contribution in [1.29, 1.82) is 0 Å². The number of anilines is 1. The Morgan fingerprint density at radius 3 is 2.61 bits per heavy atom. The minimum absolute atomic E-state index is 0.294. The van der Waals surface area contributed by atoms with E-state index < -0.39 is 0 Å². The smallest absolute Gasteiger partial charge is 0.225 e. The highest BCUT2D eigenvalue weighted by Gasteiger charge is 2.47. The SMILES string of the molecule is CC(C)Cc1cc(N2CCC3(CC2)CC(C)N(C(=O)C2CCC4CCCCC4C2)C3)ncn1. The van der Waals surface area contributed by atoms with Crippen LogP contribution in [0.15, 0.2) is 12.4 Å². The topological polar surface area (TPSA) is 49.3 Å². The van der Waals surface area contributed by atoms with Crippen molar-refractivity contribution in [3.05, 3.63) is 18.1 Å². The summed E-state index contributed by atoms with van der Waals surface area (Å²) in [5.41, 5.74) is 1.45. The first-order valence-corrected chi connectivity index (χ1v) is 13.8. The Kier molecular flexibility index (Phi) is 6.68. The van der Waals surface area contributed by atoms with E-state index in [4.69, 9.17) is 0 Å². The van der Waals surface area contributed by atoms with E-state index >= 15 is 0 Å². The molecule has 0 aromatic carbocycles. The van der Waals surface area contributed by atoms with Crippen LogP contribution in [-0.4, -0.2) is 46.5 Å². The number of aromatic nitrogens is 2. The third-order valence-corrected chi connectivity index (χ3v) is 9.41. The van der Waals surface area contributed by atoms with Gasteiger partial charge in [-0.2, -0.15) is 0 Å². The first-order valence-electron chi connectivity index (χ1n) is 13.8. The van der Waals surface area contributed by atoms with Gasteiger partial charge in [-0.1, -0.05) is 39.5 Å². The van der Waals surface area contributed by atoms with Crippen molar-refractivity contribution in [2.45, 2.75) is 97.4 Å². The number of fused-ring (bicyclic) bond motifs is 1. The van der Waals surface area contributed by atoms with Gasteiger partial charge >= 0.3 is 0 Å². The summed E-state index contributed by atoms with van der Waals surface area (Å²) in [6.45, 7) is 9.84. The molecule has 5 rings (SSSR count). The lowest BCUT2D eigenvalue weighted by Gasteiger charge is -2.41. The van der Waals surface area contributed by atoms with Gasteiger partial charge in [0.25, 0.3) is 0 Å². The van der Waals surface area contributed by atoms with Gasteiger partial charge in [0, 0.05) is 43.4 Å². The van der Waals surface area contributed by atoms with Gasteiger partial charge in [-0.05, 0) is 75.0 Å². The zero-order valence-electron chi connectivity index (χ0n) is 21.1. The number of hydrogen-bond donors (Lipinski definition) is 0. The average Bonchev–Trinajstić information content (AvgIpc) is 3.14. The third-order valence-electron chi connectivity index (χ3n) is 9.41. The molecule has 1 spiro atoms. The van der Waals surface area contributed by atoms with E-state index in [-0.39, 0.29) is 0 Å². The maximum atomic E-state index is 13.6. The second-order valence-electron chi connectivity index (χ2n) is 12.3. The van der Waals surface area contributed by atoms with Crippen LogP contribution in [0.1, 0.15) is 90.7 Å². The van der Waals surface area contributed by atoms with Gasteiger partial charge in [0.05, 0.1) is 0 Å². The van der Waals surface area contributed by atoms with E-state index in [1.165, 1.54) is 57.8 Å². The molecule has 1 aromatic rings. The first kappa shape index (κ1) is 23.1. The number of carbonyl (C=O) groups excluding carboxylic acids is 1. The summed E-state index contributed by atoms with van der Waals surface area (Å²) in [4.78, 5) is 27.4. The van der Waals surface area contributed by atoms with Crippen molar-refractivity contribution in [3.63, 3.8) is 0 Å². The molecule has 3 heterocycles. The molecule has 2 saturated carbocycles. The normalized spacial score (nSPS) is 31.8. The Bertz CT molecular complexity index is 831. The molecule has 4 unspecified atom stereocenters. The molecule has 5 heteroatoms. The second kappa shape index (κ2) is 9.54. The minimum Gasteiger partial charge on any atom is -0.356 e. The molecule has 0 N–H and O–H groups in total. The summed E-state index contributed by atoms with van der Waals surface area (Å²) >= 11 is 0. The molecule has 5 nitrogen and oxygen atoms in total. The highest BCUT2D eigenvalue weighted by atomic mass is 16.2. The number of piperidine rings is 1. The summed E-state index contributed by atoms with van der Waals surface area (Å²) in [7, 11) is 0. The lowest BCUT2D eigenvalue weighted by molar-refractivity contribution is -0.138.